The molecule has 2 amide bonds. The monoisotopic (exact) mass is 422 g/mol. The van der Waals surface area contributed by atoms with Crippen LogP contribution in [0, 0.1) is 0 Å². The van der Waals surface area contributed by atoms with Crippen molar-refractivity contribution < 1.29 is 9.59 Å². The molecule has 0 atom stereocenters. The van der Waals surface area contributed by atoms with E-state index in [9.17, 15) is 9.59 Å². The molecule has 7 heteroatoms. The van der Waals surface area contributed by atoms with Crippen molar-refractivity contribution in [2.75, 3.05) is 5.32 Å². The molecule has 0 radical (unpaired) electrons. The summed E-state index contributed by atoms with van der Waals surface area (Å²) in [5, 5.41) is 4.24. The van der Waals surface area contributed by atoms with Crippen LogP contribution in [-0.4, -0.2) is 11.8 Å². The highest BCUT2D eigenvalue weighted by Gasteiger charge is 2.23. The van der Waals surface area contributed by atoms with Gasteiger partial charge in [-0.25, -0.2) is 0 Å². The Hall–Kier alpha value is -1.82. The number of thiophene rings is 1. The molecule has 27 heavy (non-hydrogen) atoms. The molecule has 0 unspecified atom stereocenters. The van der Waals surface area contributed by atoms with Gasteiger partial charge < -0.3 is 11.1 Å². The van der Waals surface area contributed by atoms with Gasteiger partial charge in [0.2, 0.25) is 5.91 Å². The molecule has 1 aromatic heterocycles. The molecule has 3 rings (SSSR count). The third-order valence-electron chi connectivity index (χ3n) is 4.53. The Labute approximate surface area is 172 Å². The van der Waals surface area contributed by atoms with E-state index in [1.54, 1.807) is 24.3 Å². The maximum atomic E-state index is 12.4. The molecule has 1 aliphatic rings. The minimum atomic E-state index is -0.489. The smallest absolute Gasteiger partial charge is 0.251 e. The number of hydrogen-bond acceptors (Lipinski definition) is 3. The standard InChI is InChI=1S/C20H20Cl2N2O2S/c21-14-9-7-12(11-15(14)22)8-10-17(25)24-20-18(19(23)26)13-5-3-1-2-4-6-16(13)27-20/h7-11H,1-6H2,(H2,23,26)(H,24,25)/b10-8+. The summed E-state index contributed by atoms with van der Waals surface area (Å²) in [6, 6.07) is 5.12. The lowest BCUT2D eigenvalue weighted by atomic mass is 9.96. The number of benzene rings is 1. The van der Waals surface area contributed by atoms with Crippen molar-refractivity contribution in [3.8, 4) is 0 Å². The van der Waals surface area contributed by atoms with E-state index in [4.69, 9.17) is 28.9 Å². The van der Waals surface area contributed by atoms with Gasteiger partial charge in [-0.1, -0.05) is 42.1 Å². The molecule has 0 saturated carbocycles. The minimum Gasteiger partial charge on any atom is -0.365 e. The molecule has 4 nitrogen and oxygen atoms in total. The zero-order valence-electron chi connectivity index (χ0n) is 14.7. The number of amides is 2. The number of aryl methyl sites for hydroxylation is 1. The number of primary amides is 1. The third kappa shape index (κ3) is 4.92. The van der Waals surface area contributed by atoms with Gasteiger partial charge in [0, 0.05) is 11.0 Å². The van der Waals surface area contributed by atoms with E-state index in [0.717, 1.165) is 48.1 Å². The Bertz CT molecular complexity index is 906. The Morgan fingerprint density at radius 2 is 1.81 bits per heavy atom. The molecule has 3 N–H and O–H groups in total. The second-order valence-electron chi connectivity index (χ2n) is 6.48. The van der Waals surface area contributed by atoms with Gasteiger partial charge in [0.05, 0.1) is 15.6 Å². The number of rotatable bonds is 4. The summed E-state index contributed by atoms with van der Waals surface area (Å²) in [6.07, 6.45) is 9.28. The summed E-state index contributed by atoms with van der Waals surface area (Å²) < 4.78 is 0. The van der Waals surface area contributed by atoms with Crippen LogP contribution in [0.1, 0.15) is 52.0 Å². The highest BCUT2D eigenvalue weighted by molar-refractivity contribution is 7.17. The number of nitrogens with one attached hydrogen (secondary N) is 1. The van der Waals surface area contributed by atoms with Crippen molar-refractivity contribution in [2.24, 2.45) is 5.73 Å². The van der Waals surface area contributed by atoms with Gasteiger partial charge >= 0.3 is 0 Å². The van der Waals surface area contributed by atoms with Gasteiger partial charge in [-0.2, -0.15) is 0 Å². The lowest BCUT2D eigenvalue weighted by Gasteiger charge is -2.10. The lowest BCUT2D eigenvalue weighted by molar-refractivity contribution is -0.111. The molecule has 1 aromatic carbocycles. The molecule has 1 aliphatic carbocycles. The van der Waals surface area contributed by atoms with Crippen molar-refractivity contribution in [1.82, 2.24) is 0 Å². The zero-order chi connectivity index (χ0) is 19.4. The van der Waals surface area contributed by atoms with Gasteiger partial charge in [-0.05, 0) is 55.0 Å². The molecule has 1 heterocycles. The second-order valence-corrected chi connectivity index (χ2v) is 8.40. The first-order valence-electron chi connectivity index (χ1n) is 8.84. The Balaban J connectivity index is 1.80. The lowest BCUT2D eigenvalue weighted by Crippen LogP contribution is -2.17. The number of carbonyl (C=O) groups excluding carboxylic acids is 2. The highest BCUT2D eigenvalue weighted by Crippen LogP contribution is 2.36. The van der Waals surface area contributed by atoms with Crippen LogP contribution in [0.15, 0.2) is 24.3 Å². The Morgan fingerprint density at radius 1 is 1.07 bits per heavy atom. The van der Waals surface area contributed by atoms with E-state index in [0.29, 0.717) is 20.6 Å². The molecule has 0 saturated heterocycles. The van der Waals surface area contributed by atoms with E-state index < -0.39 is 5.91 Å². The molecular formula is C20H20Cl2N2O2S. The van der Waals surface area contributed by atoms with Gasteiger partial charge in [0.25, 0.3) is 5.91 Å². The largest absolute Gasteiger partial charge is 0.365 e. The predicted octanol–water partition coefficient (Wildman–Crippen LogP) is 5.46. The van der Waals surface area contributed by atoms with Gasteiger partial charge in [0.15, 0.2) is 0 Å². The maximum absolute atomic E-state index is 12.4. The van der Waals surface area contributed by atoms with Crippen molar-refractivity contribution in [1.29, 1.82) is 0 Å². The normalized spacial score (nSPS) is 14.4. The minimum absolute atomic E-state index is 0.321. The Kier molecular flexibility index (Phi) is 6.58. The van der Waals surface area contributed by atoms with Crippen molar-refractivity contribution in [3.05, 3.63) is 55.9 Å². The molecule has 0 spiro atoms. The summed E-state index contributed by atoms with van der Waals surface area (Å²) >= 11 is 13.3. The third-order valence-corrected chi connectivity index (χ3v) is 6.47. The predicted molar refractivity (Wildman–Crippen MR) is 113 cm³/mol. The Morgan fingerprint density at radius 3 is 2.52 bits per heavy atom. The molecular weight excluding hydrogens is 403 g/mol. The number of nitrogens with two attached hydrogens (primary N) is 1. The van der Waals surface area contributed by atoms with Crippen LogP contribution >= 0.6 is 34.5 Å². The zero-order valence-corrected chi connectivity index (χ0v) is 17.0. The molecule has 142 valence electrons. The van der Waals surface area contributed by atoms with Gasteiger partial charge in [-0.3, -0.25) is 9.59 Å². The number of anilines is 1. The summed E-state index contributed by atoms with van der Waals surface area (Å²) in [5.74, 6) is -0.811. The topological polar surface area (TPSA) is 72.2 Å². The van der Waals surface area contributed by atoms with Crippen LogP contribution in [0.25, 0.3) is 6.08 Å². The van der Waals surface area contributed by atoms with E-state index in [1.807, 2.05) is 0 Å². The molecule has 2 aromatic rings. The fraction of sp³-hybridized carbons (Fsp3) is 0.300. The first-order valence-corrected chi connectivity index (χ1v) is 10.4. The summed E-state index contributed by atoms with van der Waals surface area (Å²) in [7, 11) is 0. The van der Waals surface area contributed by atoms with Crippen LogP contribution in [0.5, 0.6) is 0 Å². The maximum Gasteiger partial charge on any atom is 0.251 e. The number of fused-ring (bicyclic) bond motifs is 1. The molecule has 0 bridgehead atoms. The second kappa shape index (κ2) is 8.91. The molecule has 0 aliphatic heterocycles. The fourth-order valence-electron chi connectivity index (χ4n) is 3.21. The average molecular weight is 423 g/mol. The van der Waals surface area contributed by atoms with Crippen molar-refractivity contribution in [2.45, 2.75) is 38.5 Å². The summed E-state index contributed by atoms with van der Waals surface area (Å²) in [4.78, 5) is 25.5. The summed E-state index contributed by atoms with van der Waals surface area (Å²) in [6.45, 7) is 0. The van der Waals surface area contributed by atoms with E-state index in [-0.39, 0.29) is 5.91 Å². The van der Waals surface area contributed by atoms with Crippen molar-refractivity contribution >= 4 is 57.4 Å². The van der Waals surface area contributed by atoms with E-state index >= 15 is 0 Å². The first kappa shape index (κ1) is 19.9. The highest BCUT2D eigenvalue weighted by atomic mass is 35.5. The average Bonchev–Trinajstić information content (AvgIpc) is 2.92. The fourth-order valence-corrected chi connectivity index (χ4v) is 4.81. The quantitative estimate of drug-likeness (QED) is 0.641. The SMILES string of the molecule is NC(=O)c1c(NC(=O)/C=C/c2ccc(Cl)c(Cl)c2)sc2c1CCCCCC2. The van der Waals surface area contributed by atoms with Crippen LogP contribution in [0.3, 0.4) is 0 Å². The summed E-state index contributed by atoms with van der Waals surface area (Å²) in [5.41, 5.74) is 7.85. The number of halogens is 2. The molecule has 0 fully saturated rings. The van der Waals surface area contributed by atoms with Gasteiger partial charge in [0.1, 0.15) is 5.00 Å². The van der Waals surface area contributed by atoms with Crippen molar-refractivity contribution in [3.63, 3.8) is 0 Å². The first-order chi connectivity index (χ1) is 13.0. The number of hydrogen-bond donors (Lipinski definition) is 2. The van der Waals surface area contributed by atoms with Crippen LogP contribution in [0.2, 0.25) is 10.0 Å². The van der Waals surface area contributed by atoms with Crippen LogP contribution in [-0.2, 0) is 17.6 Å². The van der Waals surface area contributed by atoms with E-state index in [2.05, 4.69) is 5.32 Å². The van der Waals surface area contributed by atoms with Gasteiger partial charge in [-0.15, -0.1) is 11.3 Å². The number of carbonyl (C=O) groups is 2. The van der Waals surface area contributed by atoms with Crippen LogP contribution < -0.4 is 11.1 Å². The van der Waals surface area contributed by atoms with Crippen LogP contribution in [0.4, 0.5) is 5.00 Å². The van der Waals surface area contributed by atoms with E-state index in [1.165, 1.54) is 23.8 Å².